The number of nitrogens with zero attached hydrogens (tertiary/aromatic N) is 1. The summed E-state index contributed by atoms with van der Waals surface area (Å²) in [5.74, 6) is 0.824. The zero-order chi connectivity index (χ0) is 14.7. The summed E-state index contributed by atoms with van der Waals surface area (Å²) in [7, 11) is 1.65. The maximum atomic E-state index is 5.98. The van der Waals surface area contributed by atoms with Crippen molar-refractivity contribution < 1.29 is 4.74 Å². The summed E-state index contributed by atoms with van der Waals surface area (Å²) in [6, 6.07) is 15.2. The Labute approximate surface area is 127 Å². The van der Waals surface area contributed by atoms with Gasteiger partial charge in [-0.25, -0.2) is 0 Å². The van der Waals surface area contributed by atoms with Gasteiger partial charge in [-0.3, -0.25) is 4.98 Å². The standard InChI is InChI=1S/C16H14ClN3O/c1-21-13-5-3-12(4-6-13)19-20-15-8-9-18-16-10-11(17)2-7-14(15)16/h2-10,19H,1H3,(H,18,20). The summed E-state index contributed by atoms with van der Waals surface area (Å²) >= 11 is 5.98. The lowest BCUT2D eigenvalue weighted by molar-refractivity contribution is 0.415. The van der Waals surface area contributed by atoms with E-state index in [1.54, 1.807) is 13.3 Å². The Hall–Kier alpha value is -2.46. The van der Waals surface area contributed by atoms with E-state index in [1.807, 2.05) is 48.5 Å². The normalized spacial score (nSPS) is 10.4. The van der Waals surface area contributed by atoms with Crippen molar-refractivity contribution in [3.05, 3.63) is 59.8 Å². The molecule has 2 N–H and O–H groups in total. The second-order valence-corrected chi connectivity index (χ2v) is 4.93. The van der Waals surface area contributed by atoms with Gasteiger partial charge in [0.2, 0.25) is 0 Å². The molecule has 1 heterocycles. The molecular formula is C16H14ClN3O. The highest BCUT2D eigenvalue weighted by atomic mass is 35.5. The molecule has 2 aromatic carbocycles. The van der Waals surface area contributed by atoms with Crippen LogP contribution in [0.1, 0.15) is 0 Å². The molecule has 0 fully saturated rings. The Morgan fingerprint density at radius 1 is 1.00 bits per heavy atom. The molecular weight excluding hydrogens is 286 g/mol. The molecule has 0 spiro atoms. The van der Waals surface area contributed by atoms with Gasteiger partial charge in [0, 0.05) is 16.6 Å². The number of aromatic nitrogens is 1. The lowest BCUT2D eigenvalue weighted by atomic mass is 10.2. The minimum atomic E-state index is 0.676. The van der Waals surface area contributed by atoms with Crippen LogP contribution >= 0.6 is 11.6 Å². The van der Waals surface area contributed by atoms with E-state index in [4.69, 9.17) is 16.3 Å². The van der Waals surface area contributed by atoms with Gasteiger partial charge in [0.05, 0.1) is 24.0 Å². The Kier molecular flexibility index (Phi) is 3.79. The van der Waals surface area contributed by atoms with Crippen LogP contribution in [0.2, 0.25) is 5.02 Å². The first kappa shape index (κ1) is 13.5. The van der Waals surface area contributed by atoms with Gasteiger partial charge in [-0.15, -0.1) is 0 Å². The van der Waals surface area contributed by atoms with Crippen LogP contribution in [0.4, 0.5) is 11.4 Å². The van der Waals surface area contributed by atoms with Crippen LogP contribution in [0.3, 0.4) is 0 Å². The van der Waals surface area contributed by atoms with Gasteiger partial charge in [-0.1, -0.05) is 11.6 Å². The van der Waals surface area contributed by atoms with Crippen molar-refractivity contribution in [2.24, 2.45) is 0 Å². The zero-order valence-electron chi connectivity index (χ0n) is 11.4. The van der Waals surface area contributed by atoms with E-state index in [-0.39, 0.29) is 0 Å². The number of halogens is 1. The third-order valence-corrected chi connectivity index (χ3v) is 3.37. The molecule has 0 aliphatic carbocycles. The van der Waals surface area contributed by atoms with Crippen molar-refractivity contribution in [2.75, 3.05) is 18.0 Å². The van der Waals surface area contributed by atoms with E-state index in [1.165, 1.54) is 0 Å². The highest BCUT2D eigenvalue weighted by Crippen LogP contribution is 2.24. The molecule has 21 heavy (non-hydrogen) atoms. The highest BCUT2D eigenvalue weighted by Gasteiger charge is 2.02. The van der Waals surface area contributed by atoms with Gasteiger partial charge in [0.1, 0.15) is 5.75 Å². The number of anilines is 2. The van der Waals surface area contributed by atoms with Crippen molar-refractivity contribution in [1.82, 2.24) is 4.98 Å². The van der Waals surface area contributed by atoms with Crippen LogP contribution in [-0.4, -0.2) is 12.1 Å². The maximum absolute atomic E-state index is 5.98. The number of ether oxygens (including phenoxy) is 1. The van der Waals surface area contributed by atoms with Gasteiger partial charge in [0.15, 0.2) is 0 Å². The summed E-state index contributed by atoms with van der Waals surface area (Å²) in [5.41, 5.74) is 9.07. The molecule has 0 saturated carbocycles. The molecule has 4 nitrogen and oxygen atoms in total. The number of fused-ring (bicyclic) bond motifs is 1. The molecule has 3 rings (SSSR count). The Balaban J connectivity index is 1.81. The molecule has 0 amide bonds. The lowest BCUT2D eigenvalue weighted by Crippen LogP contribution is -2.08. The number of hydrogen-bond donors (Lipinski definition) is 2. The van der Waals surface area contributed by atoms with Crippen LogP contribution in [0, 0.1) is 0 Å². The topological polar surface area (TPSA) is 46.2 Å². The SMILES string of the molecule is COc1ccc(NNc2ccnc3cc(Cl)ccc23)cc1. The first-order valence-corrected chi connectivity index (χ1v) is 6.84. The van der Waals surface area contributed by atoms with Crippen molar-refractivity contribution in [3.8, 4) is 5.75 Å². The van der Waals surface area contributed by atoms with Crippen LogP contribution in [0.15, 0.2) is 54.7 Å². The predicted octanol–water partition coefficient (Wildman–Crippen LogP) is 4.34. The molecule has 1 aromatic heterocycles. The number of hydrazine groups is 1. The lowest BCUT2D eigenvalue weighted by Gasteiger charge is -2.12. The maximum Gasteiger partial charge on any atom is 0.119 e. The summed E-state index contributed by atoms with van der Waals surface area (Å²) in [6.07, 6.45) is 1.75. The van der Waals surface area contributed by atoms with Crippen molar-refractivity contribution >= 4 is 33.9 Å². The molecule has 0 bridgehead atoms. The molecule has 0 aliphatic rings. The van der Waals surface area contributed by atoms with Gasteiger partial charge in [-0.2, -0.15) is 0 Å². The van der Waals surface area contributed by atoms with Crippen molar-refractivity contribution in [2.45, 2.75) is 0 Å². The fourth-order valence-electron chi connectivity index (χ4n) is 2.04. The first-order chi connectivity index (χ1) is 10.3. The summed E-state index contributed by atoms with van der Waals surface area (Å²) in [5, 5.41) is 1.68. The zero-order valence-corrected chi connectivity index (χ0v) is 12.2. The molecule has 0 saturated heterocycles. The van der Waals surface area contributed by atoms with E-state index in [2.05, 4.69) is 15.8 Å². The van der Waals surface area contributed by atoms with Crippen molar-refractivity contribution in [1.29, 1.82) is 0 Å². The fourth-order valence-corrected chi connectivity index (χ4v) is 2.21. The van der Waals surface area contributed by atoms with E-state index in [9.17, 15) is 0 Å². The molecule has 0 atom stereocenters. The van der Waals surface area contributed by atoms with E-state index in [0.29, 0.717) is 5.02 Å². The number of methoxy groups -OCH3 is 1. The minimum absolute atomic E-state index is 0.676. The molecule has 0 unspecified atom stereocenters. The van der Waals surface area contributed by atoms with Crippen LogP contribution in [0.5, 0.6) is 5.75 Å². The highest BCUT2D eigenvalue weighted by molar-refractivity contribution is 6.31. The van der Waals surface area contributed by atoms with Crippen LogP contribution in [-0.2, 0) is 0 Å². The number of pyridine rings is 1. The van der Waals surface area contributed by atoms with E-state index < -0.39 is 0 Å². The molecule has 3 aromatic rings. The van der Waals surface area contributed by atoms with Crippen LogP contribution in [0.25, 0.3) is 10.9 Å². The fraction of sp³-hybridized carbons (Fsp3) is 0.0625. The molecule has 0 radical (unpaired) electrons. The summed E-state index contributed by atoms with van der Waals surface area (Å²) in [4.78, 5) is 4.31. The first-order valence-electron chi connectivity index (χ1n) is 6.46. The molecule has 106 valence electrons. The smallest absolute Gasteiger partial charge is 0.119 e. The second-order valence-electron chi connectivity index (χ2n) is 4.50. The third-order valence-electron chi connectivity index (χ3n) is 3.14. The average molecular weight is 300 g/mol. The number of rotatable bonds is 4. The van der Waals surface area contributed by atoms with E-state index in [0.717, 1.165) is 28.0 Å². The average Bonchev–Trinajstić information content (AvgIpc) is 2.53. The van der Waals surface area contributed by atoms with Gasteiger partial charge < -0.3 is 15.6 Å². The largest absolute Gasteiger partial charge is 0.497 e. The monoisotopic (exact) mass is 299 g/mol. The van der Waals surface area contributed by atoms with Crippen molar-refractivity contribution in [3.63, 3.8) is 0 Å². The summed E-state index contributed by atoms with van der Waals surface area (Å²) < 4.78 is 5.13. The van der Waals surface area contributed by atoms with Crippen LogP contribution < -0.4 is 15.6 Å². The summed E-state index contributed by atoms with van der Waals surface area (Å²) in [6.45, 7) is 0. The van der Waals surface area contributed by atoms with E-state index >= 15 is 0 Å². The molecule has 5 heteroatoms. The quantitative estimate of drug-likeness (QED) is 0.704. The Morgan fingerprint density at radius 3 is 2.57 bits per heavy atom. The number of hydrogen-bond acceptors (Lipinski definition) is 4. The van der Waals surface area contributed by atoms with Gasteiger partial charge in [-0.05, 0) is 48.5 Å². The Bertz CT molecular complexity index is 759. The predicted molar refractivity (Wildman–Crippen MR) is 87.0 cm³/mol. The minimum Gasteiger partial charge on any atom is -0.497 e. The van der Waals surface area contributed by atoms with Gasteiger partial charge in [0.25, 0.3) is 0 Å². The number of nitrogens with one attached hydrogen (secondary N) is 2. The second kappa shape index (κ2) is 5.89. The van der Waals surface area contributed by atoms with Gasteiger partial charge >= 0.3 is 0 Å². The number of benzene rings is 2. The third kappa shape index (κ3) is 3.01. The Morgan fingerprint density at radius 2 is 1.81 bits per heavy atom. The molecule has 0 aliphatic heterocycles.